The number of methoxy groups -OCH3 is 1. The molecule has 0 fully saturated rings. The molecule has 0 aliphatic heterocycles. The van der Waals surface area contributed by atoms with Crippen molar-refractivity contribution in [2.75, 3.05) is 37.4 Å². The predicted octanol–water partition coefficient (Wildman–Crippen LogP) is 1.61. The fourth-order valence-corrected chi connectivity index (χ4v) is 1.51. The van der Waals surface area contributed by atoms with E-state index in [-0.39, 0.29) is 0 Å². The maximum atomic E-state index is 8.90. The van der Waals surface area contributed by atoms with E-state index in [1.165, 1.54) is 0 Å². The quantitative estimate of drug-likeness (QED) is 0.764. The lowest BCUT2D eigenvalue weighted by Crippen LogP contribution is -2.26. The Morgan fingerprint density at radius 2 is 2.25 bits per heavy atom. The summed E-state index contributed by atoms with van der Waals surface area (Å²) in [6.45, 7) is 4.41. The van der Waals surface area contributed by atoms with Crippen LogP contribution in [0.1, 0.15) is 12.5 Å². The summed E-state index contributed by atoms with van der Waals surface area (Å²) in [6, 6.07) is 7.59. The van der Waals surface area contributed by atoms with E-state index in [1.54, 1.807) is 13.2 Å². The molecule has 0 unspecified atom stereocenters. The number of nitrogens with two attached hydrogens (primary N) is 1. The zero-order chi connectivity index (χ0) is 12.0. The van der Waals surface area contributed by atoms with Gasteiger partial charge in [-0.2, -0.15) is 5.26 Å². The minimum Gasteiger partial charge on any atom is -0.398 e. The minimum absolute atomic E-state index is 0.522. The highest BCUT2D eigenvalue weighted by Crippen LogP contribution is 2.20. The SMILES string of the molecule is CCN(CCOC)c1ccc(N)c(C#N)c1. The molecule has 1 aromatic rings. The Morgan fingerprint density at radius 1 is 1.50 bits per heavy atom. The summed E-state index contributed by atoms with van der Waals surface area (Å²) in [5.41, 5.74) is 7.72. The number of rotatable bonds is 5. The topological polar surface area (TPSA) is 62.3 Å². The summed E-state index contributed by atoms with van der Waals surface area (Å²) in [5.74, 6) is 0. The van der Waals surface area contributed by atoms with E-state index in [9.17, 15) is 0 Å². The van der Waals surface area contributed by atoms with Crippen LogP contribution < -0.4 is 10.6 Å². The van der Waals surface area contributed by atoms with Crippen molar-refractivity contribution >= 4 is 11.4 Å². The lowest BCUT2D eigenvalue weighted by molar-refractivity contribution is 0.205. The van der Waals surface area contributed by atoms with Gasteiger partial charge in [-0.15, -0.1) is 0 Å². The average Bonchev–Trinajstić information content (AvgIpc) is 2.32. The zero-order valence-electron chi connectivity index (χ0n) is 9.73. The number of anilines is 2. The van der Waals surface area contributed by atoms with Crippen LogP contribution in [0.15, 0.2) is 18.2 Å². The molecule has 0 aliphatic carbocycles. The zero-order valence-corrected chi connectivity index (χ0v) is 9.73. The Morgan fingerprint density at radius 3 is 2.81 bits per heavy atom. The lowest BCUT2D eigenvalue weighted by atomic mass is 10.1. The van der Waals surface area contributed by atoms with Crippen LogP contribution >= 0.6 is 0 Å². The van der Waals surface area contributed by atoms with Crippen LogP contribution in [0.5, 0.6) is 0 Å². The van der Waals surface area contributed by atoms with Gasteiger partial charge < -0.3 is 15.4 Å². The van der Waals surface area contributed by atoms with Crippen molar-refractivity contribution in [2.45, 2.75) is 6.92 Å². The Bertz CT molecular complexity index is 384. The second-order valence-corrected chi connectivity index (χ2v) is 3.46. The van der Waals surface area contributed by atoms with E-state index in [0.29, 0.717) is 17.9 Å². The molecule has 16 heavy (non-hydrogen) atoms. The molecule has 1 aromatic carbocycles. The first-order valence-electron chi connectivity index (χ1n) is 5.26. The van der Waals surface area contributed by atoms with Crippen molar-refractivity contribution in [1.82, 2.24) is 0 Å². The molecule has 0 saturated heterocycles. The highest BCUT2D eigenvalue weighted by Gasteiger charge is 2.06. The smallest absolute Gasteiger partial charge is 0.101 e. The lowest BCUT2D eigenvalue weighted by Gasteiger charge is -2.23. The van der Waals surface area contributed by atoms with Crippen LogP contribution in [0, 0.1) is 11.3 Å². The van der Waals surface area contributed by atoms with E-state index in [4.69, 9.17) is 15.7 Å². The fraction of sp³-hybridized carbons (Fsp3) is 0.417. The van der Waals surface area contributed by atoms with Gasteiger partial charge in [0.05, 0.1) is 12.2 Å². The molecule has 0 spiro atoms. The van der Waals surface area contributed by atoms with E-state index in [2.05, 4.69) is 17.9 Å². The summed E-state index contributed by atoms with van der Waals surface area (Å²) in [6.07, 6.45) is 0. The summed E-state index contributed by atoms with van der Waals surface area (Å²) in [5, 5.41) is 8.90. The number of ether oxygens (including phenoxy) is 1. The number of likely N-dealkylation sites (N-methyl/N-ethyl adjacent to an activating group) is 1. The summed E-state index contributed by atoms with van der Waals surface area (Å²) < 4.78 is 5.04. The van der Waals surface area contributed by atoms with Crippen LogP contribution in [-0.2, 0) is 4.74 Å². The van der Waals surface area contributed by atoms with Crippen LogP contribution in [0.4, 0.5) is 11.4 Å². The van der Waals surface area contributed by atoms with Crippen molar-refractivity contribution in [1.29, 1.82) is 5.26 Å². The molecular formula is C12H17N3O. The van der Waals surface area contributed by atoms with Gasteiger partial charge in [-0.05, 0) is 25.1 Å². The number of nitrogens with zero attached hydrogens (tertiary/aromatic N) is 2. The predicted molar refractivity (Wildman–Crippen MR) is 65.3 cm³/mol. The molecule has 0 radical (unpaired) electrons. The molecule has 4 nitrogen and oxygen atoms in total. The van der Waals surface area contributed by atoms with Gasteiger partial charge in [-0.25, -0.2) is 0 Å². The van der Waals surface area contributed by atoms with Crippen LogP contribution in [0.2, 0.25) is 0 Å². The fourth-order valence-electron chi connectivity index (χ4n) is 1.51. The van der Waals surface area contributed by atoms with Crippen LogP contribution in [-0.4, -0.2) is 26.8 Å². The molecule has 0 bridgehead atoms. The monoisotopic (exact) mass is 219 g/mol. The maximum absolute atomic E-state index is 8.90. The average molecular weight is 219 g/mol. The van der Waals surface area contributed by atoms with E-state index in [1.807, 2.05) is 12.1 Å². The Hall–Kier alpha value is -1.73. The molecule has 0 saturated carbocycles. The first-order valence-corrected chi connectivity index (χ1v) is 5.26. The maximum Gasteiger partial charge on any atom is 0.101 e. The van der Waals surface area contributed by atoms with Crippen LogP contribution in [0.3, 0.4) is 0 Å². The minimum atomic E-state index is 0.522. The second kappa shape index (κ2) is 5.99. The van der Waals surface area contributed by atoms with Crippen molar-refractivity contribution in [2.24, 2.45) is 0 Å². The molecule has 2 N–H and O–H groups in total. The summed E-state index contributed by atoms with van der Waals surface area (Å²) >= 11 is 0. The highest BCUT2D eigenvalue weighted by atomic mass is 16.5. The van der Waals surface area contributed by atoms with Gasteiger partial charge in [0.25, 0.3) is 0 Å². The second-order valence-electron chi connectivity index (χ2n) is 3.46. The number of benzene rings is 1. The Balaban J connectivity index is 2.89. The number of hydrogen-bond acceptors (Lipinski definition) is 4. The normalized spacial score (nSPS) is 9.81. The number of nitriles is 1. The number of nitrogen functional groups attached to an aromatic ring is 1. The Kier molecular flexibility index (Phi) is 4.62. The molecule has 0 aliphatic rings. The molecule has 4 heteroatoms. The third-order valence-corrected chi connectivity index (χ3v) is 2.47. The van der Waals surface area contributed by atoms with Crippen molar-refractivity contribution in [3.05, 3.63) is 23.8 Å². The van der Waals surface area contributed by atoms with Crippen molar-refractivity contribution in [3.8, 4) is 6.07 Å². The van der Waals surface area contributed by atoms with E-state index in [0.717, 1.165) is 18.8 Å². The van der Waals surface area contributed by atoms with Crippen molar-refractivity contribution in [3.63, 3.8) is 0 Å². The standard InChI is InChI=1S/C12H17N3O/c1-3-15(6-7-16-2)11-4-5-12(14)10(8-11)9-13/h4-5,8H,3,6-7,14H2,1-2H3. The highest BCUT2D eigenvalue weighted by molar-refractivity contribution is 5.62. The Labute approximate surface area is 96.2 Å². The molecular weight excluding hydrogens is 202 g/mol. The molecule has 0 heterocycles. The largest absolute Gasteiger partial charge is 0.398 e. The van der Waals surface area contributed by atoms with Crippen molar-refractivity contribution < 1.29 is 4.74 Å². The number of hydrogen-bond donors (Lipinski definition) is 1. The van der Waals surface area contributed by atoms with Gasteiger partial charge in [0.15, 0.2) is 0 Å². The molecule has 86 valence electrons. The molecule has 1 rings (SSSR count). The first-order chi connectivity index (χ1) is 7.72. The summed E-state index contributed by atoms with van der Waals surface area (Å²) in [4.78, 5) is 2.14. The van der Waals surface area contributed by atoms with Crippen LogP contribution in [0.25, 0.3) is 0 Å². The van der Waals surface area contributed by atoms with Gasteiger partial charge in [-0.3, -0.25) is 0 Å². The third-order valence-electron chi connectivity index (χ3n) is 2.47. The van der Waals surface area contributed by atoms with E-state index < -0.39 is 0 Å². The molecule has 0 aromatic heterocycles. The third kappa shape index (κ3) is 2.88. The van der Waals surface area contributed by atoms with Gasteiger partial charge in [-0.1, -0.05) is 0 Å². The summed E-state index contributed by atoms with van der Waals surface area (Å²) in [7, 11) is 1.68. The van der Waals surface area contributed by atoms with Gasteiger partial charge >= 0.3 is 0 Å². The van der Waals surface area contributed by atoms with E-state index >= 15 is 0 Å². The molecule has 0 amide bonds. The molecule has 0 atom stereocenters. The van der Waals surface area contributed by atoms with Gasteiger partial charge in [0.1, 0.15) is 6.07 Å². The first kappa shape index (κ1) is 12.3. The van der Waals surface area contributed by atoms with Gasteiger partial charge in [0.2, 0.25) is 0 Å². The van der Waals surface area contributed by atoms with Gasteiger partial charge in [0, 0.05) is 31.6 Å².